The average Bonchev–Trinajstić information content (AvgIpc) is 2.70. The standard InChI is InChI=1S/C26H35NO/c1-4-20-8-10-22(11-9-20)24-14-12-23(13-15-24)21-6-5-7-25-26(17-16-21)28-19(2)18-27(25)3/h5,7,12-17,19-22H,4,6,8-11,18H2,1-3H3/b7-5-,17-16?. The zero-order valence-corrected chi connectivity index (χ0v) is 17.7. The minimum atomic E-state index is 0.238. The van der Waals surface area contributed by atoms with Gasteiger partial charge >= 0.3 is 0 Å². The summed E-state index contributed by atoms with van der Waals surface area (Å²) in [5.74, 6) is 3.16. The number of hydrogen-bond donors (Lipinski definition) is 0. The first-order valence-electron chi connectivity index (χ1n) is 11.2. The third-order valence-corrected chi connectivity index (χ3v) is 6.93. The van der Waals surface area contributed by atoms with Crippen molar-refractivity contribution in [3.63, 3.8) is 0 Å². The van der Waals surface area contributed by atoms with Gasteiger partial charge in [0, 0.05) is 13.0 Å². The molecule has 0 radical (unpaired) electrons. The summed E-state index contributed by atoms with van der Waals surface area (Å²) in [5.41, 5.74) is 4.15. The number of allylic oxidation sites excluding steroid dienone is 4. The lowest BCUT2D eigenvalue weighted by Crippen LogP contribution is -2.34. The van der Waals surface area contributed by atoms with E-state index in [1.807, 2.05) is 0 Å². The quantitative estimate of drug-likeness (QED) is 0.593. The van der Waals surface area contributed by atoms with Gasteiger partial charge in [-0.25, -0.2) is 0 Å². The van der Waals surface area contributed by atoms with Crippen molar-refractivity contribution in [2.75, 3.05) is 13.6 Å². The molecule has 2 nitrogen and oxygen atoms in total. The third-order valence-electron chi connectivity index (χ3n) is 6.93. The summed E-state index contributed by atoms with van der Waals surface area (Å²) >= 11 is 0. The Labute approximate surface area is 171 Å². The Morgan fingerprint density at radius 3 is 2.43 bits per heavy atom. The summed E-state index contributed by atoms with van der Waals surface area (Å²) in [6, 6.07) is 9.50. The molecule has 1 aromatic carbocycles. The highest BCUT2D eigenvalue weighted by Crippen LogP contribution is 2.37. The highest BCUT2D eigenvalue weighted by atomic mass is 16.5. The van der Waals surface area contributed by atoms with Crippen molar-refractivity contribution in [1.82, 2.24) is 4.90 Å². The van der Waals surface area contributed by atoms with Crippen molar-refractivity contribution in [2.45, 2.75) is 70.3 Å². The Bertz CT molecular complexity index is 749. The summed E-state index contributed by atoms with van der Waals surface area (Å²) in [6.07, 6.45) is 17.2. The van der Waals surface area contributed by atoms with Crippen molar-refractivity contribution in [3.8, 4) is 0 Å². The molecule has 28 heavy (non-hydrogen) atoms. The van der Waals surface area contributed by atoms with Gasteiger partial charge in [0.15, 0.2) is 0 Å². The first-order valence-corrected chi connectivity index (χ1v) is 11.2. The lowest BCUT2D eigenvalue weighted by molar-refractivity contribution is 0.0825. The Balaban J connectivity index is 1.46. The maximum absolute atomic E-state index is 6.10. The van der Waals surface area contributed by atoms with Crippen LogP contribution in [0.25, 0.3) is 0 Å². The van der Waals surface area contributed by atoms with Crippen LogP contribution in [-0.4, -0.2) is 24.6 Å². The van der Waals surface area contributed by atoms with Crippen molar-refractivity contribution < 1.29 is 4.74 Å². The van der Waals surface area contributed by atoms with Crippen molar-refractivity contribution >= 4 is 0 Å². The molecule has 0 bridgehead atoms. The summed E-state index contributed by atoms with van der Waals surface area (Å²) in [4.78, 5) is 2.30. The van der Waals surface area contributed by atoms with Gasteiger partial charge in [0.2, 0.25) is 0 Å². The van der Waals surface area contributed by atoms with E-state index in [4.69, 9.17) is 4.74 Å². The molecule has 2 atom stereocenters. The smallest absolute Gasteiger partial charge is 0.142 e. The number of ether oxygens (including phenoxy) is 1. The molecule has 150 valence electrons. The van der Waals surface area contributed by atoms with Crippen LogP contribution >= 0.6 is 0 Å². The largest absolute Gasteiger partial charge is 0.487 e. The van der Waals surface area contributed by atoms with Crippen molar-refractivity contribution in [2.24, 2.45) is 5.92 Å². The van der Waals surface area contributed by atoms with Gasteiger partial charge in [-0.15, -0.1) is 0 Å². The summed E-state index contributed by atoms with van der Waals surface area (Å²) in [5, 5.41) is 0. The minimum Gasteiger partial charge on any atom is -0.487 e. The highest BCUT2D eigenvalue weighted by Gasteiger charge is 2.23. The van der Waals surface area contributed by atoms with Crippen LogP contribution in [0.3, 0.4) is 0 Å². The minimum absolute atomic E-state index is 0.238. The second-order valence-electron chi connectivity index (χ2n) is 8.95. The van der Waals surface area contributed by atoms with Crippen LogP contribution in [0.4, 0.5) is 0 Å². The summed E-state index contributed by atoms with van der Waals surface area (Å²) < 4.78 is 6.10. The number of benzene rings is 1. The SMILES string of the molecule is CCC1CCC(c2ccc(C3C=CC4=C(/C=C\C3)N(C)CC(C)O4)cc2)CC1. The molecule has 2 unspecified atom stereocenters. The van der Waals surface area contributed by atoms with Crippen LogP contribution in [0.2, 0.25) is 0 Å². The van der Waals surface area contributed by atoms with Crippen LogP contribution < -0.4 is 0 Å². The van der Waals surface area contributed by atoms with Gasteiger partial charge in [0.05, 0.1) is 12.2 Å². The van der Waals surface area contributed by atoms with Crippen LogP contribution in [0.15, 0.2) is 60.0 Å². The predicted molar refractivity (Wildman–Crippen MR) is 117 cm³/mol. The van der Waals surface area contributed by atoms with E-state index in [1.165, 1.54) is 43.4 Å². The first kappa shape index (κ1) is 19.4. The Kier molecular flexibility index (Phi) is 5.94. The fourth-order valence-electron chi connectivity index (χ4n) is 5.10. The Hall–Kier alpha value is -1.96. The van der Waals surface area contributed by atoms with Gasteiger partial charge in [0.1, 0.15) is 11.9 Å². The molecule has 1 heterocycles. The van der Waals surface area contributed by atoms with Gasteiger partial charge in [-0.2, -0.15) is 0 Å². The molecular formula is C26H35NO. The normalized spacial score (nSPS) is 31.6. The molecule has 2 aliphatic carbocycles. The molecule has 4 rings (SSSR count). The van der Waals surface area contributed by atoms with Crippen LogP contribution in [-0.2, 0) is 4.74 Å². The fourth-order valence-corrected chi connectivity index (χ4v) is 5.10. The molecular weight excluding hydrogens is 342 g/mol. The molecule has 3 aliphatic rings. The van der Waals surface area contributed by atoms with E-state index >= 15 is 0 Å². The Morgan fingerprint density at radius 2 is 1.71 bits per heavy atom. The molecule has 1 aliphatic heterocycles. The topological polar surface area (TPSA) is 12.5 Å². The molecule has 0 spiro atoms. The van der Waals surface area contributed by atoms with Crippen LogP contribution in [0.1, 0.15) is 75.3 Å². The number of rotatable bonds is 3. The van der Waals surface area contributed by atoms with Gasteiger partial charge < -0.3 is 9.64 Å². The van der Waals surface area contributed by atoms with E-state index in [-0.39, 0.29) is 6.10 Å². The van der Waals surface area contributed by atoms with E-state index in [1.54, 1.807) is 5.56 Å². The first-order chi connectivity index (χ1) is 13.6. The van der Waals surface area contributed by atoms with Crippen LogP contribution in [0.5, 0.6) is 0 Å². The van der Waals surface area contributed by atoms with Gasteiger partial charge in [0.25, 0.3) is 0 Å². The third kappa shape index (κ3) is 4.21. The summed E-state index contributed by atoms with van der Waals surface area (Å²) in [7, 11) is 2.15. The molecule has 0 amide bonds. The van der Waals surface area contributed by atoms with E-state index in [9.17, 15) is 0 Å². The highest BCUT2D eigenvalue weighted by molar-refractivity contribution is 5.37. The fraction of sp³-hybridized carbons (Fsp3) is 0.538. The summed E-state index contributed by atoms with van der Waals surface area (Å²) in [6.45, 7) is 5.43. The molecule has 1 saturated carbocycles. The van der Waals surface area contributed by atoms with E-state index < -0.39 is 0 Å². The molecule has 0 aromatic heterocycles. The molecule has 0 N–H and O–H groups in total. The predicted octanol–water partition coefficient (Wildman–Crippen LogP) is 6.53. The van der Waals surface area contributed by atoms with Crippen molar-refractivity contribution in [3.05, 3.63) is 71.2 Å². The van der Waals surface area contributed by atoms with Crippen molar-refractivity contribution in [1.29, 1.82) is 0 Å². The zero-order chi connectivity index (χ0) is 19.5. The molecule has 1 aromatic rings. The van der Waals surface area contributed by atoms with E-state index in [2.05, 4.69) is 74.4 Å². The zero-order valence-electron chi connectivity index (χ0n) is 17.7. The second-order valence-corrected chi connectivity index (χ2v) is 8.95. The lowest BCUT2D eigenvalue weighted by atomic mass is 9.77. The van der Waals surface area contributed by atoms with E-state index in [0.29, 0.717) is 5.92 Å². The Morgan fingerprint density at radius 1 is 1.00 bits per heavy atom. The maximum Gasteiger partial charge on any atom is 0.142 e. The number of nitrogens with zero attached hydrogens (tertiary/aromatic N) is 1. The average molecular weight is 378 g/mol. The second kappa shape index (κ2) is 8.59. The van der Waals surface area contributed by atoms with Gasteiger partial charge in [-0.3, -0.25) is 0 Å². The number of hydrogen-bond acceptors (Lipinski definition) is 2. The monoisotopic (exact) mass is 377 g/mol. The van der Waals surface area contributed by atoms with Gasteiger partial charge in [-0.05, 0) is 74.1 Å². The van der Waals surface area contributed by atoms with E-state index in [0.717, 1.165) is 30.6 Å². The maximum atomic E-state index is 6.10. The molecule has 2 heteroatoms. The lowest BCUT2D eigenvalue weighted by Gasteiger charge is -2.33. The number of likely N-dealkylation sites (N-methyl/N-ethyl adjacent to an activating group) is 1. The van der Waals surface area contributed by atoms with Crippen LogP contribution in [0, 0.1) is 5.92 Å². The molecule has 1 fully saturated rings. The molecule has 0 saturated heterocycles. The van der Waals surface area contributed by atoms with Gasteiger partial charge in [-0.1, -0.05) is 49.8 Å².